The highest BCUT2D eigenvalue weighted by Crippen LogP contribution is 2.30. The normalized spacial score (nSPS) is 16.3. The number of carboxylic acids is 1. The second-order valence-electron chi connectivity index (χ2n) is 4.65. The minimum atomic E-state index is -1.00. The Balaban J connectivity index is 2.00. The van der Waals surface area contributed by atoms with Gasteiger partial charge in [0.1, 0.15) is 0 Å². The maximum absolute atomic E-state index is 13.7. The third-order valence-corrected chi connectivity index (χ3v) is 2.95. The van der Waals surface area contributed by atoms with Crippen LogP contribution >= 0.6 is 0 Å². The van der Waals surface area contributed by atoms with E-state index in [2.05, 4.69) is 0 Å². The molecule has 0 bridgehead atoms. The van der Waals surface area contributed by atoms with Crippen molar-refractivity contribution in [3.05, 3.63) is 29.6 Å². The highest BCUT2D eigenvalue weighted by molar-refractivity contribution is 5.67. The standard InChI is InChI=1S/C13H16FNO3/c14-10-5-9(11(15)6-13(16)17)3-4-12(10)18-7-8-1-2-8/h3-5,8,11H,1-2,6-7,15H2,(H,16,17). The lowest BCUT2D eigenvalue weighted by Crippen LogP contribution is -2.15. The zero-order valence-corrected chi connectivity index (χ0v) is 9.93. The molecular weight excluding hydrogens is 237 g/mol. The molecule has 0 aliphatic heterocycles. The minimum Gasteiger partial charge on any atom is -0.490 e. The van der Waals surface area contributed by atoms with Crippen molar-refractivity contribution in [2.75, 3.05) is 6.61 Å². The predicted octanol–water partition coefficient (Wildman–Crippen LogP) is 2.09. The van der Waals surface area contributed by atoms with Crippen LogP contribution in [0.2, 0.25) is 0 Å². The van der Waals surface area contributed by atoms with Crippen molar-refractivity contribution in [3.8, 4) is 5.75 Å². The number of aliphatic carboxylic acids is 1. The van der Waals surface area contributed by atoms with E-state index in [0.717, 1.165) is 12.8 Å². The van der Waals surface area contributed by atoms with Crippen molar-refractivity contribution in [1.29, 1.82) is 0 Å². The van der Waals surface area contributed by atoms with Crippen LogP contribution in [-0.4, -0.2) is 17.7 Å². The van der Waals surface area contributed by atoms with Gasteiger partial charge in [0, 0.05) is 6.04 Å². The molecule has 0 saturated heterocycles. The van der Waals surface area contributed by atoms with E-state index in [0.29, 0.717) is 18.1 Å². The summed E-state index contributed by atoms with van der Waals surface area (Å²) in [5, 5.41) is 8.62. The summed E-state index contributed by atoms with van der Waals surface area (Å²) in [6, 6.07) is 3.67. The molecule has 1 atom stereocenters. The summed E-state index contributed by atoms with van der Waals surface area (Å²) in [5.74, 6) is -0.738. The minimum absolute atomic E-state index is 0.202. The molecule has 4 nitrogen and oxygen atoms in total. The average Bonchev–Trinajstić information content (AvgIpc) is 3.10. The van der Waals surface area contributed by atoms with Gasteiger partial charge in [0.25, 0.3) is 0 Å². The van der Waals surface area contributed by atoms with Crippen LogP contribution in [0.25, 0.3) is 0 Å². The van der Waals surface area contributed by atoms with Crippen LogP contribution < -0.4 is 10.5 Å². The monoisotopic (exact) mass is 253 g/mol. The topological polar surface area (TPSA) is 72.6 Å². The molecule has 5 heteroatoms. The molecule has 0 spiro atoms. The van der Waals surface area contributed by atoms with Crippen molar-refractivity contribution in [2.45, 2.75) is 25.3 Å². The number of ether oxygens (including phenoxy) is 1. The summed E-state index contributed by atoms with van der Waals surface area (Å²) in [7, 11) is 0. The molecule has 3 N–H and O–H groups in total. The van der Waals surface area contributed by atoms with E-state index in [1.54, 1.807) is 6.07 Å². The largest absolute Gasteiger partial charge is 0.490 e. The van der Waals surface area contributed by atoms with Crippen molar-refractivity contribution >= 4 is 5.97 Å². The lowest BCUT2D eigenvalue weighted by atomic mass is 10.0. The molecule has 98 valence electrons. The highest BCUT2D eigenvalue weighted by atomic mass is 19.1. The first-order chi connectivity index (χ1) is 8.56. The number of carbonyl (C=O) groups is 1. The number of hydrogen-bond acceptors (Lipinski definition) is 3. The molecule has 1 aromatic carbocycles. The molecule has 18 heavy (non-hydrogen) atoms. The first-order valence-corrected chi connectivity index (χ1v) is 5.96. The van der Waals surface area contributed by atoms with Gasteiger partial charge in [-0.3, -0.25) is 4.79 Å². The Kier molecular flexibility index (Phi) is 3.81. The number of nitrogens with two attached hydrogens (primary N) is 1. The first-order valence-electron chi connectivity index (χ1n) is 5.96. The highest BCUT2D eigenvalue weighted by Gasteiger charge is 2.22. The van der Waals surface area contributed by atoms with E-state index in [4.69, 9.17) is 15.6 Å². The number of hydrogen-bond donors (Lipinski definition) is 2. The van der Waals surface area contributed by atoms with Crippen molar-refractivity contribution in [1.82, 2.24) is 0 Å². The van der Waals surface area contributed by atoms with Gasteiger partial charge in [-0.15, -0.1) is 0 Å². The van der Waals surface area contributed by atoms with E-state index in [1.165, 1.54) is 12.1 Å². The number of benzene rings is 1. The van der Waals surface area contributed by atoms with Gasteiger partial charge in [-0.05, 0) is 36.5 Å². The third kappa shape index (κ3) is 3.43. The molecule has 1 aliphatic rings. The Bertz CT molecular complexity index is 446. The molecule has 1 fully saturated rings. The maximum atomic E-state index is 13.7. The quantitative estimate of drug-likeness (QED) is 0.814. The van der Waals surface area contributed by atoms with E-state index >= 15 is 0 Å². The van der Waals surface area contributed by atoms with Gasteiger partial charge < -0.3 is 15.6 Å². The number of carboxylic acid groups (broad SMARTS) is 1. The van der Waals surface area contributed by atoms with Crippen LogP contribution in [0.5, 0.6) is 5.75 Å². The predicted molar refractivity (Wildman–Crippen MR) is 63.8 cm³/mol. The second kappa shape index (κ2) is 5.35. The van der Waals surface area contributed by atoms with Gasteiger partial charge in [0.15, 0.2) is 11.6 Å². The van der Waals surface area contributed by atoms with E-state index < -0.39 is 17.8 Å². The molecule has 2 rings (SSSR count). The summed E-state index contributed by atoms with van der Waals surface area (Å²) < 4.78 is 19.0. The summed E-state index contributed by atoms with van der Waals surface area (Å²) >= 11 is 0. The molecule has 0 amide bonds. The summed E-state index contributed by atoms with van der Waals surface area (Å²) in [4.78, 5) is 10.5. The Morgan fingerprint density at radius 1 is 1.56 bits per heavy atom. The molecular formula is C13H16FNO3. The molecule has 1 saturated carbocycles. The fourth-order valence-corrected chi connectivity index (χ4v) is 1.66. The molecule has 0 heterocycles. The zero-order chi connectivity index (χ0) is 13.1. The van der Waals surface area contributed by atoms with Crippen molar-refractivity contribution < 1.29 is 19.0 Å². The van der Waals surface area contributed by atoms with Crippen molar-refractivity contribution in [2.24, 2.45) is 11.7 Å². The zero-order valence-electron chi connectivity index (χ0n) is 9.93. The molecule has 1 unspecified atom stereocenters. The number of rotatable bonds is 6. The maximum Gasteiger partial charge on any atom is 0.305 e. The Hall–Kier alpha value is -1.62. The second-order valence-corrected chi connectivity index (χ2v) is 4.65. The number of halogens is 1. The van der Waals surface area contributed by atoms with Gasteiger partial charge in [-0.1, -0.05) is 6.07 Å². The van der Waals surface area contributed by atoms with Crippen LogP contribution in [0.3, 0.4) is 0 Å². The fraction of sp³-hybridized carbons (Fsp3) is 0.462. The van der Waals surface area contributed by atoms with Gasteiger partial charge in [-0.2, -0.15) is 0 Å². The average molecular weight is 253 g/mol. The lowest BCUT2D eigenvalue weighted by Gasteiger charge is -2.12. The third-order valence-electron chi connectivity index (χ3n) is 2.95. The first kappa shape index (κ1) is 12.8. The van der Waals surface area contributed by atoms with Crippen LogP contribution in [0.4, 0.5) is 4.39 Å². The van der Waals surface area contributed by atoms with Crippen molar-refractivity contribution in [3.63, 3.8) is 0 Å². The van der Waals surface area contributed by atoms with Crippen LogP contribution in [0.15, 0.2) is 18.2 Å². The van der Waals surface area contributed by atoms with E-state index in [-0.39, 0.29) is 12.2 Å². The summed E-state index contributed by atoms with van der Waals surface area (Å²) in [6.07, 6.45) is 2.06. The Morgan fingerprint density at radius 3 is 2.83 bits per heavy atom. The SMILES string of the molecule is NC(CC(=O)O)c1ccc(OCC2CC2)c(F)c1. The van der Waals surface area contributed by atoms with Gasteiger partial charge >= 0.3 is 5.97 Å². The van der Waals surface area contributed by atoms with Gasteiger partial charge in [-0.25, -0.2) is 4.39 Å². The Morgan fingerprint density at radius 2 is 2.28 bits per heavy atom. The molecule has 0 aromatic heterocycles. The van der Waals surface area contributed by atoms with Gasteiger partial charge in [0.2, 0.25) is 0 Å². The van der Waals surface area contributed by atoms with Crippen LogP contribution in [0, 0.1) is 11.7 Å². The summed E-state index contributed by atoms with van der Waals surface area (Å²) in [6.45, 7) is 0.539. The lowest BCUT2D eigenvalue weighted by molar-refractivity contribution is -0.137. The molecule has 0 radical (unpaired) electrons. The van der Waals surface area contributed by atoms with Gasteiger partial charge in [0.05, 0.1) is 13.0 Å². The van der Waals surface area contributed by atoms with E-state index in [1.807, 2.05) is 0 Å². The van der Waals surface area contributed by atoms with E-state index in [9.17, 15) is 9.18 Å². The molecule has 1 aromatic rings. The summed E-state index contributed by atoms with van der Waals surface area (Å²) in [5.41, 5.74) is 6.13. The smallest absolute Gasteiger partial charge is 0.305 e. The molecule has 1 aliphatic carbocycles. The van der Waals surface area contributed by atoms with Crippen LogP contribution in [-0.2, 0) is 4.79 Å². The Labute approximate surface area is 105 Å². The fourth-order valence-electron chi connectivity index (χ4n) is 1.66. The van der Waals surface area contributed by atoms with Crippen LogP contribution in [0.1, 0.15) is 30.9 Å².